The molecule has 82 valence electrons. The van der Waals surface area contributed by atoms with Gasteiger partial charge in [0.1, 0.15) is 23.6 Å². The van der Waals surface area contributed by atoms with Gasteiger partial charge in [0, 0.05) is 18.7 Å². The number of carbonyl (C=O) groups is 1. The van der Waals surface area contributed by atoms with Crippen LogP contribution in [0, 0.1) is 11.6 Å². The first kappa shape index (κ1) is 11.6. The number of rotatable bonds is 4. The highest BCUT2D eigenvalue weighted by molar-refractivity contribution is 5.76. The fraction of sp³-hybridized carbons (Fsp3) is 0.364. The van der Waals surface area contributed by atoms with Gasteiger partial charge >= 0.3 is 0 Å². The smallest absolute Gasteiger partial charge is 0.150 e. The van der Waals surface area contributed by atoms with Gasteiger partial charge in [-0.3, -0.25) is 4.79 Å². The van der Waals surface area contributed by atoms with Gasteiger partial charge in [0.15, 0.2) is 0 Å². The second-order valence-electron chi connectivity index (χ2n) is 3.12. The van der Waals surface area contributed by atoms with Crippen molar-refractivity contribution < 1.29 is 13.6 Å². The Morgan fingerprint density at radius 1 is 1.20 bits per heavy atom. The normalized spacial score (nSPS) is 10.1. The highest BCUT2D eigenvalue weighted by Gasteiger charge is 2.15. The minimum atomic E-state index is -0.694. The van der Waals surface area contributed by atoms with Crippen LogP contribution in [0.1, 0.15) is 24.2 Å². The Bertz CT molecular complexity index is 339. The molecule has 2 nitrogen and oxygen atoms in total. The zero-order chi connectivity index (χ0) is 11.4. The number of carbonyl (C=O) groups excluding carboxylic acids is 1. The van der Waals surface area contributed by atoms with Gasteiger partial charge in [-0.15, -0.1) is 0 Å². The molecule has 0 saturated heterocycles. The van der Waals surface area contributed by atoms with Crippen molar-refractivity contribution in [1.29, 1.82) is 0 Å². The van der Waals surface area contributed by atoms with Crippen LogP contribution >= 0.6 is 0 Å². The summed E-state index contributed by atoms with van der Waals surface area (Å²) in [5.41, 5.74) is -0.0495. The number of aldehydes is 1. The first-order valence-corrected chi connectivity index (χ1v) is 4.83. The zero-order valence-corrected chi connectivity index (χ0v) is 8.76. The molecule has 0 fully saturated rings. The fourth-order valence-corrected chi connectivity index (χ4v) is 1.50. The second kappa shape index (κ2) is 4.87. The Labute approximate surface area is 87.5 Å². The summed E-state index contributed by atoms with van der Waals surface area (Å²) in [6.45, 7) is 4.67. The predicted octanol–water partition coefficient (Wildman–Crippen LogP) is 2.62. The molecule has 0 aliphatic rings. The summed E-state index contributed by atoms with van der Waals surface area (Å²) in [6, 6.07) is 2.09. The largest absolute Gasteiger partial charge is 0.367 e. The molecule has 0 atom stereocenters. The van der Waals surface area contributed by atoms with E-state index in [4.69, 9.17) is 0 Å². The summed E-state index contributed by atoms with van der Waals surface area (Å²) >= 11 is 0. The summed E-state index contributed by atoms with van der Waals surface area (Å²) in [6.07, 6.45) is 0.429. The van der Waals surface area contributed by atoms with Crippen molar-refractivity contribution in [3.63, 3.8) is 0 Å². The van der Waals surface area contributed by atoms with Gasteiger partial charge in [0.2, 0.25) is 0 Å². The predicted molar refractivity (Wildman–Crippen MR) is 55.3 cm³/mol. The van der Waals surface area contributed by atoms with Gasteiger partial charge in [-0.05, 0) is 26.0 Å². The summed E-state index contributed by atoms with van der Waals surface area (Å²) < 4.78 is 27.0. The van der Waals surface area contributed by atoms with Crippen LogP contribution in [-0.4, -0.2) is 19.4 Å². The SMILES string of the molecule is CCN(CC)c1c(F)cc(C=O)cc1F. The number of halogens is 2. The van der Waals surface area contributed by atoms with E-state index < -0.39 is 11.6 Å². The maximum atomic E-state index is 13.5. The van der Waals surface area contributed by atoms with Gasteiger partial charge in [-0.2, -0.15) is 0 Å². The average molecular weight is 213 g/mol. The van der Waals surface area contributed by atoms with Crippen molar-refractivity contribution in [3.05, 3.63) is 29.3 Å². The van der Waals surface area contributed by atoms with Crippen LogP contribution in [0.3, 0.4) is 0 Å². The maximum Gasteiger partial charge on any atom is 0.150 e. The monoisotopic (exact) mass is 213 g/mol. The van der Waals surface area contributed by atoms with Gasteiger partial charge in [-0.1, -0.05) is 0 Å². The van der Waals surface area contributed by atoms with E-state index in [0.29, 0.717) is 19.4 Å². The van der Waals surface area contributed by atoms with E-state index in [1.54, 1.807) is 4.90 Å². The molecule has 0 unspecified atom stereocenters. The van der Waals surface area contributed by atoms with E-state index in [2.05, 4.69) is 0 Å². The molecule has 1 aromatic rings. The lowest BCUT2D eigenvalue weighted by atomic mass is 10.2. The highest BCUT2D eigenvalue weighted by atomic mass is 19.1. The quantitative estimate of drug-likeness (QED) is 0.716. The Hall–Kier alpha value is -1.45. The summed E-state index contributed by atoms with van der Waals surface area (Å²) in [5.74, 6) is -1.39. The molecule has 0 bridgehead atoms. The molecule has 15 heavy (non-hydrogen) atoms. The summed E-state index contributed by atoms with van der Waals surface area (Å²) in [5, 5.41) is 0. The Morgan fingerprint density at radius 2 is 1.67 bits per heavy atom. The van der Waals surface area contributed by atoms with Gasteiger partial charge in [-0.25, -0.2) is 8.78 Å². The first-order valence-electron chi connectivity index (χ1n) is 4.83. The molecule has 0 radical (unpaired) electrons. The average Bonchev–Trinajstić information content (AvgIpc) is 2.23. The van der Waals surface area contributed by atoms with E-state index in [-0.39, 0.29) is 11.3 Å². The molecule has 0 saturated carbocycles. The lowest BCUT2D eigenvalue weighted by Crippen LogP contribution is -2.24. The van der Waals surface area contributed by atoms with Gasteiger partial charge < -0.3 is 4.90 Å². The molecular formula is C11H13F2NO. The molecule has 1 aromatic carbocycles. The minimum Gasteiger partial charge on any atom is -0.367 e. The molecule has 0 aromatic heterocycles. The first-order chi connectivity index (χ1) is 7.13. The molecule has 0 N–H and O–H groups in total. The summed E-state index contributed by atoms with van der Waals surface area (Å²) in [7, 11) is 0. The number of hydrogen-bond donors (Lipinski definition) is 0. The van der Waals surface area contributed by atoms with Crippen molar-refractivity contribution in [2.45, 2.75) is 13.8 Å². The van der Waals surface area contributed by atoms with E-state index in [0.717, 1.165) is 12.1 Å². The zero-order valence-electron chi connectivity index (χ0n) is 8.76. The third-order valence-electron chi connectivity index (χ3n) is 2.25. The van der Waals surface area contributed by atoms with Crippen LogP contribution in [0.25, 0.3) is 0 Å². The third-order valence-corrected chi connectivity index (χ3v) is 2.25. The van der Waals surface area contributed by atoms with Gasteiger partial charge in [0.25, 0.3) is 0 Å². The van der Waals surface area contributed by atoms with E-state index in [9.17, 15) is 13.6 Å². The lowest BCUT2D eigenvalue weighted by molar-refractivity contribution is 0.112. The third kappa shape index (κ3) is 2.32. The number of nitrogens with zero attached hydrogens (tertiary/aromatic N) is 1. The van der Waals surface area contributed by atoms with Crippen molar-refractivity contribution >= 4 is 12.0 Å². The molecule has 1 rings (SSSR count). The van der Waals surface area contributed by atoms with Crippen LogP contribution in [0.4, 0.5) is 14.5 Å². The fourth-order valence-electron chi connectivity index (χ4n) is 1.50. The summed E-state index contributed by atoms with van der Waals surface area (Å²) in [4.78, 5) is 12.0. The van der Waals surface area contributed by atoms with Crippen molar-refractivity contribution in [1.82, 2.24) is 0 Å². The maximum absolute atomic E-state index is 13.5. The molecule has 0 heterocycles. The molecule has 4 heteroatoms. The Balaban J connectivity index is 3.23. The minimum absolute atomic E-state index is 0.0147. The van der Waals surface area contributed by atoms with E-state index in [1.807, 2.05) is 13.8 Å². The van der Waals surface area contributed by atoms with Crippen molar-refractivity contribution in [3.8, 4) is 0 Å². The van der Waals surface area contributed by atoms with Crippen molar-refractivity contribution in [2.24, 2.45) is 0 Å². The number of hydrogen-bond acceptors (Lipinski definition) is 2. The molecular weight excluding hydrogens is 200 g/mol. The number of benzene rings is 1. The number of anilines is 1. The van der Waals surface area contributed by atoms with Crippen LogP contribution in [0.5, 0.6) is 0 Å². The Morgan fingerprint density at radius 3 is 2.00 bits per heavy atom. The van der Waals surface area contributed by atoms with Gasteiger partial charge in [0.05, 0.1) is 0 Å². The van der Waals surface area contributed by atoms with Crippen LogP contribution in [0.2, 0.25) is 0 Å². The second-order valence-corrected chi connectivity index (χ2v) is 3.12. The van der Waals surface area contributed by atoms with Crippen LogP contribution < -0.4 is 4.90 Å². The molecule has 0 aliphatic carbocycles. The Kier molecular flexibility index (Phi) is 3.77. The highest BCUT2D eigenvalue weighted by Crippen LogP contribution is 2.24. The van der Waals surface area contributed by atoms with E-state index >= 15 is 0 Å². The topological polar surface area (TPSA) is 20.3 Å². The van der Waals surface area contributed by atoms with Crippen LogP contribution in [0.15, 0.2) is 12.1 Å². The van der Waals surface area contributed by atoms with Crippen LogP contribution in [-0.2, 0) is 0 Å². The molecule has 0 aliphatic heterocycles. The molecule has 0 amide bonds. The van der Waals surface area contributed by atoms with E-state index in [1.165, 1.54) is 0 Å². The van der Waals surface area contributed by atoms with Crippen molar-refractivity contribution in [2.75, 3.05) is 18.0 Å². The lowest BCUT2D eigenvalue weighted by Gasteiger charge is -2.22. The molecule has 0 spiro atoms. The standard InChI is InChI=1S/C11H13F2NO/c1-3-14(4-2)11-9(12)5-8(7-15)6-10(11)13/h5-7H,3-4H2,1-2H3.